The number of hydrogen-bond acceptors (Lipinski definition) is 4. The first kappa shape index (κ1) is 19.4. The first-order valence-electron chi connectivity index (χ1n) is 10.4. The molecule has 0 bridgehead atoms. The summed E-state index contributed by atoms with van der Waals surface area (Å²) in [5.41, 5.74) is 2.58. The lowest BCUT2D eigenvalue weighted by Gasteiger charge is -2.16. The molecule has 1 fully saturated rings. The molecule has 4 rings (SSSR count). The molecule has 2 heterocycles. The van der Waals surface area contributed by atoms with Crippen molar-refractivity contribution in [2.75, 3.05) is 0 Å². The van der Waals surface area contributed by atoms with E-state index in [-0.39, 0.29) is 24.1 Å². The lowest BCUT2D eigenvalue weighted by atomic mass is 10.1. The van der Waals surface area contributed by atoms with E-state index in [1.165, 1.54) is 17.5 Å². The zero-order valence-electron chi connectivity index (χ0n) is 17.0. The third-order valence-corrected chi connectivity index (χ3v) is 5.69. The van der Waals surface area contributed by atoms with Gasteiger partial charge in [0.1, 0.15) is 12.1 Å². The highest BCUT2D eigenvalue weighted by Gasteiger charge is 2.20. The summed E-state index contributed by atoms with van der Waals surface area (Å²) in [6, 6.07) is 9.90. The molecule has 0 aliphatic heterocycles. The van der Waals surface area contributed by atoms with Gasteiger partial charge in [0.15, 0.2) is 0 Å². The Morgan fingerprint density at radius 3 is 2.45 bits per heavy atom. The minimum atomic E-state index is -0.277. The topological polar surface area (TPSA) is 81.8 Å². The van der Waals surface area contributed by atoms with Gasteiger partial charge in [0.05, 0.1) is 22.5 Å². The van der Waals surface area contributed by atoms with Crippen LogP contribution in [0, 0.1) is 13.8 Å². The van der Waals surface area contributed by atoms with Gasteiger partial charge in [0, 0.05) is 6.04 Å². The molecule has 2 aromatic heterocycles. The predicted octanol–water partition coefficient (Wildman–Crippen LogP) is 3.04. The molecular formula is C22H27N5O2. The summed E-state index contributed by atoms with van der Waals surface area (Å²) >= 11 is 0. The number of aryl methyl sites for hydroxylation is 2. The van der Waals surface area contributed by atoms with Crippen molar-refractivity contribution in [2.45, 2.75) is 65.0 Å². The maximum Gasteiger partial charge on any atom is 0.278 e. The van der Waals surface area contributed by atoms with Crippen LogP contribution in [-0.2, 0) is 11.3 Å². The number of carbonyl (C=O) groups is 1. The van der Waals surface area contributed by atoms with E-state index in [2.05, 4.69) is 15.5 Å². The molecule has 1 saturated carbocycles. The summed E-state index contributed by atoms with van der Waals surface area (Å²) in [4.78, 5) is 25.7. The van der Waals surface area contributed by atoms with E-state index in [9.17, 15) is 9.59 Å². The summed E-state index contributed by atoms with van der Waals surface area (Å²) in [6.07, 6.45) is 6.77. The minimum absolute atomic E-state index is 0.0674. The van der Waals surface area contributed by atoms with Gasteiger partial charge in [0.25, 0.3) is 5.56 Å². The molecule has 0 radical (unpaired) electrons. The number of carbonyl (C=O) groups excluding carboxylic acids is 1. The number of hydrogen-bond donors (Lipinski definition) is 1. The first-order valence-corrected chi connectivity index (χ1v) is 10.4. The van der Waals surface area contributed by atoms with Gasteiger partial charge in [-0.25, -0.2) is 9.36 Å². The quantitative estimate of drug-likeness (QED) is 0.691. The number of para-hydroxylation sites is 1. The third kappa shape index (κ3) is 3.95. The van der Waals surface area contributed by atoms with Crippen molar-refractivity contribution in [3.05, 3.63) is 52.1 Å². The fourth-order valence-corrected chi connectivity index (χ4v) is 4.18. The van der Waals surface area contributed by atoms with Crippen LogP contribution in [0.4, 0.5) is 0 Å². The highest BCUT2D eigenvalue weighted by atomic mass is 16.2. The van der Waals surface area contributed by atoms with E-state index in [0.717, 1.165) is 37.1 Å². The molecule has 7 nitrogen and oxygen atoms in total. The highest BCUT2D eigenvalue weighted by Crippen LogP contribution is 2.20. The molecule has 1 aromatic carbocycles. The number of benzene rings is 1. The lowest BCUT2D eigenvalue weighted by Crippen LogP contribution is -2.39. The van der Waals surface area contributed by atoms with Crippen molar-refractivity contribution in [3.63, 3.8) is 0 Å². The smallest absolute Gasteiger partial charge is 0.278 e. The van der Waals surface area contributed by atoms with E-state index in [4.69, 9.17) is 0 Å². The molecule has 0 saturated heterocycles. The van der Waals surface area contributed by atoms with Gasteiger partial charge in [-0.3, -0.25) is 9.59 Å². The zero-order valence-corrected chi connectivity index (χ0v) is 17.0. The van der Waals surface area contributed by atoms with Crippen LogP contribution < -0.4 is 10.9 Å². The average Bonchev–Trinajstić information content (AvgIpc) is 2.87. The van der Waals surface area contributed by atoms with Gasteiger partial charge in [-0.15, -0.1) is 0 Å². The van der Waals surface area contributed by atoms with Crippen LogP contribution in [-0.4, -0.2) is 31.5 Å². The highest BCUT2D eigenvalue weighted by molar-refractivity contribution is 5.83. The molecule has 3 aromatic rings. The molecule has 0 spiro atoms. The Kier molecular flexibility index (Phi) is 5.47. The minimum Gasteiger partial charge on any atom is -0.352 e. The summed E-state index contributed by atoms with van der Waals surface area (Å²) < 4.78 is 3.03. The van der Waals surface area contributed by atoms with Crippen molar-refractivity contribution in [3.8, 4) is 5.69 Å². The molecule has 29 heavy (non-hydrogen) atoms. The SMILES string of the molecule is Cc1nn(CC(=O)NC2CCCCCC2)c(=O)c2c(C)n(-c3ccccc3)nc12. The predicted molar refractivity (Wildman–Crippen MR) is 112 cm³/mol. The summed E-state index contributed by atoms with van der Waals surface area (Å²) in [5, 5.41) is 12.6. The monoisotopic (exact) mass is 393 g/mol. The molecule has 1 N–H and O–H groups in total. The van der Waals surface area contributed by atoms with Crippen LogP contribution in [0.3, 0.4) is 0 Å². The second-order valence-corrected chi connectivity index (χ2v) is 7.86. The van der Waals surface area contributed by atoms with Gasteiger partial charge in [-0.1, -0.05) is 43.9 Å². The fraction of sp³-hybridized carbons (Fsp3) is 0.455. The van der Waals surface area contributed by atoms with E-state index < -0.39 is 0 Å². The Bertz CT molecular complexity index is 1080. The van der Waals surface area contributed by atoms with E-state index in [1.54, 1.807) is 4.68 Å². The maximum absolute atomic E-state index is 13.1. The maximum atomic E-state index is 13.1. The standard InChI is InChI=1S/C22H27N5O2/c1-15-21-20(16(2)27(25-21)18-12-8-5-9-13-18)22(29)26(24-15)14-19(28)23-17-10-6-3-4-7-11-17/h5,8-9,12-13,17H,3-4,6-7,10-11,14H2,1-2H3,(H,23,28). The van der Waals surface area contributed by atoms with Gasteiger partial charge >= 0.3 is 0 Å². The van der Waals surface area contributed by atoms with Crippen LogP contribution in [0.15, 0.2) is 35.1 Å². The van der Waals surface area contributed by atoms with E-state index in [0.29, 0.717) is 16.6 Å². The first-order chi connectivity index (χ1) is 14.0. The van der Waals surface area contributed by atoms with E-state index in [1.807, 2.05) is 44.2 Å². The Labute approximate surface area is 169 Å². The average molecular weight is 393 g/mol. The van der Waals surface area contributed by atoms with Crippen molar-refractivity contribution in [1.29, 1.82) is 0 Å². The molecule has 1 amide bonds. The lowest BCUT2D eigenvalue weighted by molar-refractivity contribution is -0.122. The molecular weight excluding hydrogens is 366 g/mol. The number of nitrogens with zero attached hydrogens (tertiary/aromatic N) is 4. The van der Waals surface area contributed by atoms with Crippen LogP contribution in [0.2, 0.25) is 0 Å². The van der Waals surface area contributed by atoms with Gasteiger partial charge in [-0.2, -0.15) is 10.2 Å². The van der Waals surface area contributed by atoms with Crippen molar-refractivity contribution >= 4 is 16.8 Å². The Balaban J connectivity index is 1.64. The number of rotatable bonds is 4. The molecule has 1 aliphatic carbocycles. The second-order valence-electron chi connectivity index (χ2n) is 7.86. The summed E-state index contributed by atoms with van der Waals surface area (Å²) in [6.45, 7) is 3.63. The molecule has 7 heteroatoms. The van der Waals surface area contributed by atoms with Crippen LogP contribution in [0.5, 0.6) is 0 Å². The Morgan fingerprint density at radius 2 is 1.76 bits per heavy atom. The number of fused-ring (bicyclic) bond motifs is 1. The molecule has 1 aliphatic rings. The normalized spacial score (nSPS) is 15.4. The zero-order chi connectivity index (χ0) is 20.4. The van der Waals surface area contributed by atoms with Gasteiger partial charge in [-0.05, 0) is 38.8 Å². The molecule has 0 atom stereocenters. The van der Waals surface area contributed by atoms with Crippen molar-refractivity contribution in [1.82, 2.24) is 24.9 Å². The second kappa shape index (κ2) is 8.19. The summed E-state index contributed by atoms with van der Waals surface area (Å²) in [7, 11) is 0. The number of aromatic nitrogens is 4. The third-order valence-electron chi connectivity index (χ3n) is 5.69. The number of nitrogens with one attached hydrogen (secondary N) is 1. The Morgan fingerprint density at radius 1 is 1.07 bits per heavy atom. The molecule has 152 valence electrons. The van der Waals surface area contributed by atoms with Gasteiger partial charge in [0.2, 0.25) is 5.91 Å². The fourth-order valence-electron chi connectivity index (χ4n) is 4.18. The largest absolute Gasteiger partial charge is 0.352 e. The molecule has 0 unspecified atom stereocenters. The van der Waals surface area contributed by atoms with Crippen molar-refractivity contribution in [2.24, 2.45) is 0 Å². The summed E-state index contributed by atoms with van der Waals surface area (Å²) in [5.74, 6) is -0.154. The number of amides is 1. The van der Waals surface area contributed by atoms with Crippen LogP contribution in [0.1, 0.15) is 49.9 Å². The van der Waals surface area contributed by atoms with Crippen molar-refractivity contribution < 1.29 is 4.79 Å². The van der Waals surface area contributed by atoms with Crippen LogP contribution >= 0.6 is 0 Å². The van der Waals surface area contributed by atoms with Gasteiger partial charge < -0.3 is 5.32 Å². The van der Waals surface area contributed by atoms with E-state index >= 15 is 0 Å². The Hall–Kier alpha value is -2.96. The van der Waals surface area contributed by atoms with Crippen LogP contribution in [0.25, 0.3) is 16.6 Å².